The van der Waals surface area contributed by atoms with Crippen LogP contribution in [0.2, 0.25) is 0 Å². The van der Waals surface area contributed by atoms with Crippen molar-refractivity contribution in [1.82, 2.24) is 9.62 Å². The molecule has 1 N–H and O–H groups in total. The molecule has 0 aromatic heterocycles. The molecule has 23 heavy (non-hydrogen) atoms. The summed E-state index contributed by atoms with van der Waals surface area (Å²) in [6.45, 7) is 10.2. The molecule has 0 bridgehead atoms. The third-order valence-corrected chi connectivity index (χ3v) is 6.69. The van der Waals surface area contributed by atoms with E-state index in [4.69, 9.17) is 4.99 Å². The summed E-state index contributed by atoms with van der Waals surface area (Å²) < 4.78 is 2.27. The van der Waals surface area contributed by atoms with E-state index in [0.29, 0.717) is 5.92 Å². The molecule has 0 aromatic carbocycles. The van der Waals surface area contributed by atoms with Crippen molar-refractivity contribution in [1.29, 1.82) is 0 Å². The minimum atomic E-state index is -0.484. The predicted molar refractivity (Wildman–Crippen MR) is 97.2 cm³/mol. The van der Waals surface area contributed by atoms with Crippen molar-refractivity contribution in [3.05, 3.63) is 12.0 Å². The van der Waals surface area contributed by atoms with E-state index in [1.165, 1.54) is 25.7 Å². The third kappa shape index (κ3) is 3.50. The zero-order valence-electron chi connectivity index (χ0n) is 14.4. The minimum Gasteiger partial charge on any atom is -0.312 e. The average Bonchev–Trinajstić information content (AvgIpc) is 2.87. The second kappa shape index (κ2) is 6.98. The van der Waals surface area contributed by atoms with E-state index in [1.807, 2.05) is 5.41 Å². The van der Waals surface area contributed by atoms with Gasteiger partial charge in [-0.3, -0.25) is 9.79 Å². The van der Waals surface area contributed by atoms with Gasteiger partial charge in [-0.2, -0.15) is 0 Å². The Kier molecular flexibility index (Phi) is 5.16. The first-order chi connectivity index (χ1) is 11.0. The van der Waals surface area contributed by atoms with Crippen LogP contribution in [0.3, 0.4) is 0 Å². The topological polar surface area (TPSA) is 44.7 Å². The standard InChI is InChI=1S/C18H29N3OS/c1-4-23-21-11-9-18(10-12-21)17(22)19-16(20-18)15-7-5-14(6-8-15)13(2)3/h4,13-15H,1,5-12H2,2-3H3,(H,19,20,22). The fourth-order valence-electron chi connectivity index (χ4n) is 4.20. The number of nitrogens with zero attached hydrogens (tertiary/aromatic N) is 2. The summed E-state index contributed by atoms with van der Waals surface area (Å²) in [5, 5.41) is 5.00. The third-order valence-electron chi connectivity index (χ3n) is 5.87. The van der Waals surface area contributed by atoms with Gasteiger partial charge in [-0.15, -0.1) is 0 Å². The summed E-state index contributed by atoms with van der Waals surface area (Å²) >= 11 is 1.64. The summed E-state index contributed by atoms with van der Waals surface area (Å²) in [5.74, 6) is 3.21. The molecule has 0 atom stereocenters. The monoisotopic (exact) mass is 335 g/mol. The number of aliphatic imine (C=N–C) groups is 1. The fourth-order valence-corrected chi connectivity index (χ4v) is 4.80. The molecule has 2 fully saturated rings. The lowest BCUT2D eigenvalue weighted by Gasteiger charge is -2.34. The highest BCUT2D eigenvalue weighted by molar-refractivity contribution is 7.99. The molecule has 2 aliphatic heterocycles. The summed E-state index contributed by atoms with van der Waals surface area (Å²) in [6, 6.07) is 0. The van der Waals surface area contributed by atoms with Gasteiger partial charge >= 0.3 is 0 Å². The molecular formula is C18H29N3OS. The maximum atomic E-state index is 12.6. The van der Waals surface area contributed by atoms with Gasteiger partial charge in [0.05, 0.1) is 0 Å². The minimum absolute atomic E-state index is 0.140. The second-order valence-electron chi connectivity index (χ2n) is 7.54. The highest BCUT2D eigenvalue weighted by atomic mass is 32.2. The van der Waals surface area contributed by atoms with Gasteiger partial charge in [0.2, 0.25) is 0 Å². The van der Waals surface area contributed by atoms with Crippen molar-refractivity contribution in [2.24, 2.45) is 22.7 Å². The molecule has 5 heteroatoms. The van der Waals surface area contributed by atoms with Crippen LogP contribution in [0, 0.1) is 17.8 Å². The SMILES string of the molecule is C=CSN1CCC2(CC1)N=C(C1CCC(C(C)C)CC1)NC2=O. The molecule has 0 unspecified atom stereocenters. The number of nitrogens with one attached hydrogen (secondary N) is 1. The van der Waals surface area contributed by atoms with Gasteiger partial charge in [-0.05, 0) is 55.8 Å². The van der Waals surface area contributed by atoms with Crippen molar-refractivity contribution in [2.75, 3.05) is 13.1 Å². The summed E-state index contributed by atoms with van der Waals surface area (Å²) in [6.07, 6.45) is 6.55. The van der Waals surface area contributed by atoms with Gasteiger partial charge < -0.3 is 5.32 Å². The molecule has 2 heterocycles. The molecule has 1 spiro atoms. The first-order valence-corrected chi connectivity index (χ1v) is 9.81. The van der Waals surface area contributed by atoms with E-state index in [2.05, 4.69) is 30.0 Å². The quantitative estimate of drug-likeness (QED) is 0.798. The number of carbonyl (C=O) groups is 1. The van der Waals surface area contributed by atoms with Gasteiger partial charge in [0.15, 0.2) is 0 Å². The van der Waals surface area contributed by atoms with Crippen molar-refractivity contribution < 1.29 is 4.79 Å². The van der Waals surface area contributed by atoms with Crippen LogP contribution in [0.15, 0.2) is 17.0 Å². The van der Waals surface area contributed by atoms with E-state index in [-0.39, 0.29) is 5.91 Å². The van der Waals surface area contributed by atoms with Crippen LogP contribution >= 0.6 is 11.9 Å². The van der Waals surface area contributed by atoms with Gasteiger partial charge in [0, 0.05) is 19.0 Å². The highest BCUT2D eigenvalue weighted by Crippen LogP contribution is 2.38. The van der Waals surface area contributed by atoms with Crippen molar-refractivity contribution in [3.63, 3.8) is 0 Å². The fraction of sp³-hybridized carbons (Fsp3) is 0.778. The maximum Gasteiger partial charge on any atom is 0.253 e. The Morgan fingerprint density at radius 3 is 2.52 bits per heavy atom. The lowest BCUT2D eigenvalue weighted by molar-refractivity contribution is -0.124. The zero-order chi connectivity index (χ0) is 16.4. The van der Waals surface area contributed by atoms with Crippen LogP contribution in [0.25, 0.3) is 0 Å². The lowest BCUT2D eigenvalue weighted by atomic mass is 9.76. The first-order valence-electron chi connectivity index (χ1n) is 8.98. The Labute approximate surface area is 144 Å². The van der Waals surface area contributed by atoms with E-state index < -0.39 is 5.54 Å². The Morgan fingerprint density at radius 1 is 1.30 bits per heavy atom. The normalized spacial score (nSPS) is 31.3. The van der Waals surface area contributed by atoms with Crippen molar-refractivity contribution in [2.45, 2.75) is 57.9 Å². The molecule has 1 saturated heterocycles. The maximum absolute atomic E-state index is 12.6. The van der Waals surface area contributed by atoms with Gasteiger partial charge in [0.1, 0.15) is 11.4 Å². The van der Waals surface area contributed by atoms with Gasteiger partial charge in [0.25, 0.3) is 5.91 Å². The van der Waals surface area contributed by atoms with E-state index in [9.17, 15) is 4.79 Å². The van der Waals surface area contributed by atoms with Gasteiger partial charge in [-0.25, -0.2) is 4.31 Å². The molecule has 0 aromatic rings. The Hall–Kier alpha value is -0.810. The summed E-state index contributed by atoms with van der Waals surface area (Å²) in [7, 11) is 0. The van der Waals surface area contributed by atoms with Crippen LogP contribution in [0.5, 0.6) is 0 Å². The lowest BCUT2D eigenvalue weighted by Crippen LogP contribution is -2.47. The van der Waals surface area contributed by atoms with E-state index >= 15 is 0 Å². The molecule has 3 rings (SSSR count). The number of piperidine rings is 1. The van der Waals surface area contributed by atoms with Crippen LogP contribution < -0.4 is 5.32 Å². The second-order valence-corrected chi connectivity index (χ2v) is 8.60. The van der Waals surface area contributed by atoms with Crippen LogP contribution in [-0.4, -0.2) is 34.7 Å². The molecule has 1 saturated carbocycles. The molecule has 0 radical (unpaired) electrons. The van der Waals surface area contributed by atoms with Crippen molar-refractivity contribution >= 4 is 23.7 Å². The Morgan fingerprint density at radius 2 is 1.96 bits per heavy atom. The Balaban J connectivity index is 1.62. The van der Waals surface area contributed by atoms with Gasteiger partial charge in [-0.1, -0.05) is 32.4 Å². The number of hydrogen-bond acceptors (Lipinski definition) is 4. The van der Waals surface area contributed by atoms with Crippen molar-refractivity contribution in [3.8, 4) is 0 Å². The summed E-state index contributed by atoms with van der Waals surface area (Å²) in [5.41, 5.74) is -0.484. The number of rotatable bonds is 4. The summed E-state index contributed by atoms with van der Waals surface area (Å²) in [4.78, 5) is 17.5. The molecular weight excluding hydrogens is 306 g/mol. The largest absolute Gasteiger partial charge is 0.312 e. The Bertz CT molecular complexity index is 486. The molecule has 128 valence electrons. The smallest absolute Gasteiger partial charge is 0.253 e. The molecule has 3 aliphatic rings. The first kappa shape index (κ1) is 17.0. The number of amides is 1. The van der Waals surface area contributed by atoms with Crippen LogP contribution in [-0.2, 0) is 4.79 Å². The number of amidine groups is 1. The zero-order valence-corrected chi connectivity index (χ0v) is 15.2. The molecule has 1 amide bonds. The molecule has 4 nitrogen and oxygen atoms in total. The molecule has 1 aliphatic carbocycles. The van der Waals surface area contributed by atoms with Crippen LogP contribution in [0.1, 0.15) is 52.4 Å². The number of carbonyl (C=O) groups excluding carboxylic acids is 1. The van der Waals surface area contributed by atoms with Crippen LogP contribution in [0.4, 0.5) is 0 Å². The highest BCUT2D eigenvalue weighted by Gasteiger charge is 2.47. The van der Waals surface area contributed by atoms with E-state index in [0.717, 1.165) is 43.6 Å². The average molecular weight is 336 g/mol. The van der Waals surface area contributed by atoms with E-state index in [1.54, 1.807) is 11.9 Å². The number of hydrogen-bond donors (Lipinski definition) is 1. The predicted octanol–water partition coefficient (Wildman–Crippen LogP) is 3.60.